The van der Waals surface area contributed by atoms with Crippen molar-refractivity contribution in [1.82, 2.24) is 0 Å². The third-order valence-electron chi connectivity index (χ3n) is 5.43. The molecule has 0 saturated carbocycles. The smallest absolute Gasteiger partial charge is 0.200 e. The molecule has 1 nitrogen and oxygen atoms in total. The van der Waals surface area contributed by atoms with Crippen molar-refractivity contribution in [3.8, 4) is 33.5 Å². The van der Waals surface area contributed by atoms with Crippen LogP contribution in [0.15, 0.2) is 72.9 Å². The van der Waals surface area contributed by atoms with E-state index in [1.165, 1.54) is 24.4 Å². The van der Waals surface area contributed by atoms with Gasteiger partial charge in [-0.05, 0) is 79.9 Å². The van der Waals surface area contributed by atoms with Crippen molar-refractivity contribution in [2.24, 2.45) is 7.05 Å². The summed E-state index contributed by atoms with van der Waals surface area (Å²) in [5.41, 5.74) is 4.23. The highest BCUT2D eigenvalue weighted by Gasteiger charge is 2.22. The molecule has 0 aliphatic heterocycles. The summed E-state index contributed by atoms with van der Waals surface area (Å²) < 4.78 is 76.4. The SMILES string of the molecule is [2H]C([2H])([2H])c1cc(-c2c(C([2H])([2H])[2H])cc(-c3ccc(C)cc3)cc2C([2H])([2H])[2H])c(-c2ccccc2C)[n+](C)c1. The molecule has 4 aromatic rings. The van der Waals surface area contributed by atoms with Gasteiger partial charge in [-0.1, -0.05) is 60.2 Å². The number of aromatic nitrogens is 1. The van der Waals surface area contributed by atoms with E-state index >= 15 is 0 Å². The summed E-state index contributed by atoms with van der Waals surface area (Å²) in [5.74, 6) is 0. The van der Waals surface area contributed by atoms with Crippen LogP contribution in [-0.2, 0) is 7.05 Å². The first kappa shape index (κ1) is 11.9. The summed E-state index contributed by atoms with van der Waals surface area (Å²) in [5, 5.41) is 0. The van der Waals surface area contributed by atoms with Gasteiger partial charge in [0.15, 0.2) is 6.20 Å². The van der Waals surface area contributed by atoms with Gasteiger partial charge in [0.25, 0.3) is 0 Å². The van der Waals surface area contributed by atoms with E-state index in [2.05, 4.69) is 0 Å². The Balaban J connectivity index is 2.22. The van der Waals surface area contributed by atoms with E-state index in [0.717, 1.165) is 16.7 Å². The van der Waals surface area contributed by atoms with Gasteiger partial charge >= 0.3 is 0 Å². The van der Waals surface area contributed by atoms with Crippen molar-refractivity contribution in [2.45, 2.75) is 34.4 Å². The third kappa shape index (κ3) is 3.68. The first-order valence-corrected chi connectivity index (χ1v) is 9.85. The van der Waals surface area contributed by atoms with Crippen molar-refractivity contribution in [2.75, 3.05) is 0 Å². The van der Waals surface area contributed by atoms with Gasteiger partial charge in [-0.2, -0.15) is 0 Å². The Morgan fingerprint density at radius 1 is 0.667 bits per heavy atom. The van der Waals surface area contributed by atoms with Crippen molar-refractivity contribution >= 4 is 0 Å². The molecule has 0 amide bonds. The summed E-state index contributed by atoms with van der Waals surface area (Å²) in [4.78, 5) is 0. The summed E-state index contributed by atoms with van der Waals surface area (Å²) in [6, 6.07) is 19.3. The number of rotatable bonds is 3. The Labute approximate surface area is 193 Å². The van der Waals surface area contributed by atoms with E-state index in [0.29, 0.717) is 16.8 Å². The summed E-state index contributed by atoms with van der Waals surface area (Å²) >= 11 is 0. The second-order valence-electron chi connectivity index (χ2n) is 7.73. The number of aryl methyl sites for hydroxylation is 6. The second kappa shape index (κ2) is 7.91. The fourth-order valence-electron chi connectivity index (χ4n) is 3.93. The highest BCUT2D eigenvalue weighted by atomic mass is 14.9. The predicted molar refractivity (Wildman–Crippen MR) is 128 cm³/mol. The van der Waals surface area contributed by atoms with Gasteiger partial charge in [-0.3, -0.25) is 0 Å². The fraction of sp³-hybridized carbons (Fsp3) is 0.207. The quantitative estimate of drug-likeness (QED) is 0.324. The lowest BCUT2D eigenvalue weighted by Crippen LogP contribution is -2.32. The molecule has 0 spiro atoms. The van der Waals surface area contributed by atoms with Crippen LogP contribution < -0.4 is 4.57 Å². The second-order valence-corrected chi connectivity index (χ2v) is 7.73. The van der Waals surface area contributed by atoms with E-state index in [1.54, 1.807) is 11.6 Å². The first-order chi connectivity index (χ1) is 18.0. The number of hydrogen-bond acceptors (Lipinski definition) is 0. The third-order valence-corrected chi connectivity index (χ3v) is 5.43. The maximum Gasteiger partial charge on any atom is 0.220 e. The minimum Gasteiger partial charge on any atom is -0.200 e. The van der Waals surface area contributed by atoms with Crippen LogP contribution in [0.4, 0.5) is 0 Å². The highest BCUT2D eigenvalue weighted by Crippen LogP contribution is 2.37. The van der Waals surface area contributed by atoms with Crippen LogP contribution in [0.3, 0.4) is 0 Å². The Bertz CT molecular complexity index is 1490. The lowest BCUT2D eigenvalue weighted by Gasteiger charge is -2.17. The molecule has 3 aromatic carbocycles. The first-order valence-electron chi connectivity index (χ1n) is 14.3. The zero-order valence-corrected chi connectivity index (χ0v) is 17.4. The van der Waals surface area contributed by atoms with E-state index in [4.69, 9.17) is 12.3 Å². The van der Waals surface area contributed by atoms with Crippen LogP contribution in [0.1, 0.15) is 40.2 Å². The molecule has 1 heterocycles. The molecule has 0 aliphatic rings. The minimum absolute atomic E-state index is 0.00538. The molecule has 0 aliphatic carbocycles. The van der Waals surface area contributed by atoms with E-state index < -0.39 is 20.6 Å². The van der Waals surface area contributed by atoms with Gasteiger partial charge in [-0.15, -0.1) is 0 Å². The Morgan fingerprint density at radius 2 is 1.37 bits per heavy atom. The molecule has 4 rings (SSSR count). The number of pyridine rings is 1. The van der Waals surface area contributed by atoms with E-state index in [1.807, 2.05) is 62.4 Å². The fourth-order valence-corrected chi connectivity index (χ4v) is 3.93. The maximum absolute atomic E-state index is 8.44. The van der Waals surface area contributed by atoms with Crippen LogP contribution in [0.5, 0.6) is 0 Å². The summed E-state index contributed by atoms with van der Waals surface area (Å²) in [6.07, 6.45) is 1.49. The van der Waals surface area contributed by atoms with Crippen molar-refractivity contribution in [1.29, 1.82) is 0 Å². The normalized spacial score (nSPS) is 16.7. The van der Waals surface area contributed by atoms with Crippen LogP contribution >= 0.6 is 0 Å². The average molecular weight is 402 g/mol. The van der Waals surface area contributed by atoms with E-state index in [-0.39, 0.29) is 27.8 Å². The maximum atomic E-state index is 8.44. The molecular weight excluding hydrogens is 362 g/mol. The molecule has 0 radical (unpaired) electrons. The zero-order valence-electron chi connectivity index (χ0n) is 26.4. The molecule has 0 N–H and O–H groups in total. The topological polar surface area (TPSA) is 3.88 Å². The van der Waals surface area contributed by atoms with E-state index in [9.17, 15) is 0 Å². The van der Waals surface area contributed by atoms with Gasteiger partial charge in [0.05, 0.1) is 5.56 Å². The molecule has 30 heavy (non-hydrogen) atoms. The van der Waals surface area contributed by atoms with Gasteiger partial charge in [0, 0.05) is 23.5 Å². The number of nitrogens with zero attached hydrogens (tertiary/aromatic N) is 1. The lowest BCUT2D eigenvalue weighted by atomic mass is 9.88. The van der Waals surface area contributed by atoms with Gasteiger partial charge in [-0.25, -0.2) is 4.57 Å². The molecule has 0 unspecified atom stereocenters. The van der Waals surface area contributed by atoms with Gasteiger partial charge < -0.3 is 0 Å². The Morgan fingerprint density at radius 3 is 2.00 bits per heavy atom. The number of hydrogen-bond donors (Lipinski definition) is 0. The highest BCUT2D eigenvalue weighted by molar-refractivity contribution is 5.85. The van der Waals surface area contributed by atoms with Crippen molar-refractivity contribution in [3.63, 3.8) is 0 Å². The molecular formula is C29H30N+. The molecule has 1 heteroatoms. The Kier molecular flexibility index (Phi) is 3.13. The van der Waals surface area contributed by atoms with Crippen molar-refractivity contribution in [3.05, 3.63) is 101 Å². The van der Waals surface area contributed by atoms with Crippen LogP contribution in [0.2, 0.25) is 0 Å². The van der Waals surface area contributed by atoms with Crippen LogP contribution in [0, 0.1) is 34.4 Å². The Hall–Kier alpha value is -3.19. The van der Waals surface area contributed by atoms with Crippen molar-refractivity contribution < 1.29 is 16.9 Å². The molecule has 0 bridgehead atoms. The van der Waals surface area contributed by atoms with Gasteiger partial charge in [0.1, 0.15) is 7.05 Å². The predicted octanol–water partition coefficient (Wildman–Crippen LogP) is 7.05. The average Bonchev–Trinajstić information content (AvgIpc) is 2.82. The minimum atomic E-state index is -2.69. The largest absolute Gasteiger partial charge is 0.220 e. The zero-order chi connectivity index (χ0) is 28.9. The summed E-state index contributed by atoms with van der Waals surface area (Å²) in [7, 11) is 1.69. The lowest BCUT2D eigenvalue weighted by molar-refractivity contribution is -0.660. The van der Waals surface area contributed by atoms with Gasteiger partial charge in [0.2, 0.25) is 5.69 Å². The molecule has 0 saturated heterocycles. The summed E-state index contributed by atoms with van der Waals surface area (Å²) in [6.45, 7) is -4.05. The molecule has 0 fully saturated rings. The molecule has 0 atom stereocenters. The number of benzene rings is 3. The molecule has 1 aromatic heterocycles. The monoisotopic (exact) mass is 401 g/mol. The molecule has 150 valence electrons. The van der Waals surface area contributed by atoms with Crippen LogP contribution in [-0.4, -0.2) is 0 Å². The van der Waals surface area contributed by atoms with Crippen LogP contribution in [0.25, 0.3) is 33.5 Å². The standard InChI is InChI=1S/C29H30N/c1-19-11-13-24(14-12-19)25-16-22(4)28(23(5)17-25)27-15-20(2)18-30(6)29(27)26-10-8-7-9-21(26)3/h7-18H,1-6H3/q+1/i2D3,4D3,5D3.